The molecule has 0 spiro atoms. The lowest BCUT2D eigenvalue weighted by Crippen LogP contribution is -2.62. The smallest absolute Gasteiger partial charge is 0.324 e. The van der Waals surface area contributed by atoms with E-state index in [0.29, 0.717) is 26.1 Å². The molecule has 4 nitrogen and oxygen atoms in total. The van der Waals surface area contributed by atoms with E-state index in [1.807, 2.05) is 6.92 Å². The molecule has 1 fully saturated rings. The molecule has 3 N–H and O–H groups in total. The van der Waals surface area contributed by atoms with E-state index >= 15 is 0 Å². The highest BCUT2D eigenvalue weighted by Crippen LogP contribution is 2.24. The van der Waals surface area contributed by atoms with E-state index in [4.69, 9.17) is 6.42 Å². The molecule has 4 heteroatoms. The first-order valence-electron chi connectivity index (χ1n) is 4.76. The molecule has 2 atom stereocenters. The van der Waals surface area contributed by atoms with Crippen LogP contribution in [0.4, 0.5) is 0 Å². The van der Waals surface area contributed by atoms with Crippen molar-refractivity contribution in [2.45, 2.75) is 18.9 Å². The Morgan fingerprint density at radius 1 is 1.86 bits per heavy atom. The molecular formula is C10H16N2O2. The minimum atomic E-state index is -0.850. The highest BCUT2D eigenvalue weighted by Gasteiger charge is 2.44. The molecule has 0 aromatic rings. The fraction of sp³-hybridized carbons (Fsp3) is 0.700. The summed E-state index contributed by atoms with van der Waals surface area (Å²) in [7, 11) is 0. The van der Waals surface area contributed by atoms with Gasteiger partial charge in [0, 0.05) is 6.54 Å². The van der Waals surface area contributed by atoms with E-state index in [2.05, 4.69) is 16.6 Å². The molecule has 0 aromatic carbocycles. The van der Waals surface area contributed by atoms with Gasteiger partial charge < -0.3 is 10.4 Å². The number of carbonyl (C=O) groups is 1. The lowest BCUT2D eigenvalue weighted by Gasteiger charge is -2.39. The Morgan fingerprint density at radius 3 is 3.07 bits per heavy atom. The lowest BCUT2D eigenvalue weighted by atomic mass is 9.79. The van der Waals surface area contributed by atoms with Gasteiger partial charge >= 0.3 is 5.97 Å². The van der Waals surface area contributed by atoms with Crippen molar-refractivity contribution in [3.8, 4) is 12.3 Å². The van der Waals surface area contributed by atoms with Crippen LogP contribution < -0.4 is 10.6 Å². The number of terminal acetylenes is 1. The van der Waals surface area contributed by atoms with Crippen molar-refractivity contribution >= 4 is 5.97 Å². The lowest BCUT2D eigenvalue weighted by molar-refractivity contribution is -0.148. The molecule has 1 aliphatic heterocycles. The van der Waals surface area contributed by atoms with Gasteiger partial charge in [-0.2, -0.15) is 0 Å². The summed E-state index contributed by atoms with van der Waals surface area (Å²) >= 11 is 0. The molecule has 78 valence electrons. The van der Waals surface area contributed by atoms with Gasteiger partial charge in [0.2, 0.25) is 0 Å². The highest BCUT2D eigenvalue weighted by atomic mass is 16.4. The van der Waals surface area contributed by atoms with E-state index in [1.54, 1.807) is 0 Å². The standard InChI is InChI=1S/C10H16N2O2/c1-3-5-12-10(9(13)14)4-6-11-7-8(10)2/h1,8,11-12H,4-7H2,2H3,(H,13,14). The van der Waals surface area contributed by atoms with Crippen LogP contribution in [-0.4, -0.2) is 36.2 Å². The number of aliphatic carboxylic acids is 1. The molecule has 0 aliphatic carbocycles. The van der Waals surface area contributed by atoms with Crippen molar-refractivity contribution in [2.24, 2.45) is 5.92 Å². The summed E-state index contributed by atoms with van der Waals surface area (Å²) in [6.07, 6.45) is 5.70. The van der Waals surface area contributed by atoms with Crippen LogP contribution in [0, 0.1) is 18.3 Å². The summed E-state index contributed by atoms with van der Waals surface area (Å²) in [6.45, 7) is 3.65. The highest BCUT2D eigenvalue weighted by molar-refractivity contribution is 5.79. The van der Waals surface area contributed by atoms with E-state index in [1.165, 1.54) is 0 Å². The molecular weight excluding hydrogens is 180 g/mol. The van der Waals surface area contributed by atoms with Crippen molar-refractivity contribution in [2.75, 3.05) is 19.6 Å². The van der Waals surface area contributed by atoms with E-state index in [0.717, 1.165) is 0 Å². The van der Waals surface area contributed by atoms with Crippen molar-refractivity contribution < 1.29 is 9.90 Å². The molecule has 1 aliphatic rings. The molecule has 0 amide bonds. The first-order chi connectivity index (χ1) is 6.63. The molecule has 2 unspecified atom stereocenters. The number of nitrogens with one attached hydrogen (secondary N) is 2. The van der Waals surface area contributed by atoms with Gasteiger partial charge in [0.15, 0.2) is 0 Å². The van der Waals surface area contributed by atoms with Crippen molar-refractivity contribution in [1.82, 2.24) is 10.6 Å². The molecule has 0 saturated carbocycles. The summed E-state index contributed by atoms with van der Waals surface area (Å²) in [5, 5.41) is 15.4. The van der Waals surface area contributed by atoms with Gasteiger partial charge in [0.05, 0.1) is 6.54 Å². The summed E-state index contributed by atoms with van der Waals surface area (Å²) in [5.74, 6) is 1.66. The van der Waals surface area contributed by atoms with E-state index in [9.17, 15) is 9.90 Å². The Kier molecular flexibility index (Phi) is 3.50. The summed E-state index contributed by atoms with van der Waals surface area (Å²) in [4.78, 5) is 11.2. The van der Waals surface area contributed by atoms with Gasteiger partial charge in [-0.25, -0.2) is 0 Å². The second-order valence-electron chi connectivity index (χ2n) is 3.69. The first-order valence-corrected chi connectivity index (χ1v) is 4.76. The van der Waals surface area contributed by atoms with Crippen LogP contribution >= 0.6 is 0 Å². The largest absolute Gasteiger partial charge is 0.480 e. The first kappa shape index (κ1) is 11.0. The Balaban J connectivity index is 2.79. The number of rotatable bonds is 3. The quantitative estimate of drug-likeness (QED) is 0.541. The number of hydrogen-bond donors (Lipinski definition) is 3. The van der Waals surface area contributed by atoms with E-state index in [-0.39, 0.29) is 5.92 Å². The van der Waals surface area contributed by atoms with Crippen LogP contribution in [-0.2, 0) is 4.79 Å². The minimum absolute atomic E-state index is 0.0436. The normalized spacial score (nSPS) is 32.1. The molecule has 0 aromatic heterocycles. The van der Waals surface area contributed by atoms with Gasteiger partial charge in [-0.1, -0.05) is 12.8 Å². The zero-order valence-electron chi connectivity index (χ0n) is 8.34. The Bertz CT molecular complexity index is 259. The number of piperidine rings is 1. The van der Waals surface area contributed by atoms with Gasteiger partial charge in [-0.05, 0) is 18.9 Å². The second-order valence-corrected chi connectivity index (χ2v) is 3.69. The van der Waals surface area contributed by atoms with Crippen LogP contribution in [0.5, 0.6) is 0 Å². The fourth-order valence-corrected chi connectivity index (χ4v) is 1.89. The fourth-order valence-electron chi connectivity index (χ4n) is 1.89. The van der Waals surface area contributed by atoms with Crippen molar-refractivity contribution in [3.05, 3.63) is 0 Å². The van der Waals surface area contributed by atoms with Gasteiger partial charge in [-0.3, -0.25) is 10.1 Å². The number of carboxylic acid groups (broad SMARTS) is 1. The third kappa shape index (κ3) is 1.89. The van der Waals surface area contributed by atoms with Gasteiger partial charge in [-0.15, -0.1) is 6.42 Å². The third-order valence-electron chi connectivity index (χ3n) is 2.88. The molecule has 1 saturated heterocycles. The SMILES string of the molecule is C#CCNC1(C(=O)O)CCNCC1C. The number of carboxylic acids is 1. The van der Waals surface area contributed by atoms with Crippen LogP contribution in [0.1, 0.15) is 13.3 Å². The maximum atomic E-state index is 11.2. The van der Waals surface area contributed by atoms with Gasteiger partial charge in [0.1, 0.15) is 5.54 Å². The molecule has 1 heterocycles. The zero-order chi connectivity index (χ0) is 10.6. The van der Waals surface area contributed by atoms with E-state index < -0.39 is 11.5 Å². The third-order valence-corrected chi connectivity index (χ3v) is 2.88. The maximum absolute atomic E-state index is 11.2. The summed E-state index contributed by atoms with van der Waals surface area (Å²) in [6, 6.07) is 0. The molecule has 1 rings (SSSR count). The average Bonchev–Trinajstić information content (AvgIpc) is 2.16. The molecule has 0 radical (unpaired) electrons. The van der Waals surface area contributed by atoms with Crippen LogP contribution in [0.2, 0.25) is 0 Å². The van der Waals surface area contributed by atoms with Crippen molar-refractivity contribution in [1.29, 1.82) is 0 Å². The Labute approximate surface area is 84.1 Å². The summed E-state index contributed by atoms with van der Waals surface area (Å²) in [5.41, 5.74) is -0.850. The average molecular weight is 196 g/mol. The summed E-state index contributed by atoms with van der Waals surface area (Å²) < 4.78 is 0. The van der Waals surface area contributed by atoms with Crippen LogP contribution in [0.3, 0.4) is 0 Å². The van der Waals surface area contributed by atoms with Crippen molar-refractivity contribution in [3.63, 3.8) is 0 Å². The van der Waals surface area contributed by atoms with Crippen LogP contribution in [0.25, 0.3) is 0 Å². The maximum Gasteiger partial charge on any atom is 0.324 e. The second kappa shape index (κ2) is 4.45. The Morgan fingerprint density at radius 2 is 2.57 bits per heavy atom. The van der Waals surface area contributed by atoms with Gasteiger partial charge in [0.25, 0.3) is 0 Å². The predicted molar refractivity (Wildman–Crippen MR) is 53.9 cm³/mol. The Hall–Kier alpha value is -1.05. The minimum Gasteiger partial charge on any atom is -0.480 e. The molecule has 0 bridgehead atoms. The zero-order valence-corrected chi connectivity index (χ0v) is 8.34. The predicted octanol–water partition coefficient (Wildman–Crippen LogP) is -0.338. The van der Waals surface area contributed by atoms with Crippen LogP contribution in [0.15, 0.2) is 0 Å². The topological polar surface area (TPSA) is 61.4 Å². The molecule has 14 heavy (non-hydrogen) atoms. The monoisotopic (exact) mass is 196 g/mol. The number of hydrogen-bond acceptors (Lipinski definition) is 3.